The molecule has 0 saturated heterocycles. The number of hydrogen-bond donors (Lipinski definition) is 2. The SMILES string of the molecule is C[C@@H](Sc1nnc(C2CC2)n1N)C(=O)Nc1ccc(F)cc1Cl. The minimum atomic E-state index is -0.463. The van der Waals surface area contributed by atoms with E-state index in [4.69, 9.17) is 17.4 Å². The first-order valence-corrected chi connectivity index (χ1v) is 8.34. The zero-order valence-corrected chi connectivity index (χ0v) is 13.9. The van der Waals surface area contributed by atoms with Gasteiger partial charge in [-0.1, -0.05) is 23.4 Å². The molecular weight excluding hydrogens is 341 g/mol. The smallest absolute Gasteiger partial charge is 0.237 e. The molecule has 6 nitrogen and oxygen atoms in total. The maximum Gasteiger partial charge on any atom is 0.237 e. The third-order valence-corrected chi connectivity index (χ3v) is 4.84. The number of nitrogens with zero attached hydrogens (tertiary/aromatic N) is 3. The first-order chi connectivity index (χ1) is 11.0. The van der Waals surface area contributed by atoms with Gasteiger partial charge < -0.3 is 11.2 Å². The molecule has 3 N–H and O–H groups in total. The monoisotopic (exact) mass is 355 g/mol. The zero-order valence-electron chi connectivity index (χ0n) is 12.3. The van der Waals surface area contributed by atoms with Crippen LogP contribution in [0.3, 0.4) is 0 Å². The second-order valence-electron chi connectivity index (χ2n) is 5.36. The van der Waals surface area contributed by atoms with E-state index in [1.165, 1.54) is 28.6 Å². The number of nitrogens with two attached hydrogens (primary N) is 1. The minimum Gasteiger partial charge on any atom is -0.336 e. The molecule has 9 heteroatoms. The quantitative estimate of drug-likeness (QED) is 0.636. The molecule has 1 aromatic heterocycles. The molecule has 23 heavy (non-hydrogen) atoms. The summed E-state index contributed by atoms with van der Waals surface area (Å²) in [5.74, 6) is 6.36. The number of rotatable bonds is 5. The van der Waals surface area contributed by atoms with E-state index >= 15 is 0 Å². The van der Waals surface area contributed by atoms with Crippen molar-refractivity contribution in [3.63, 3.8) is 0 Å². The molecule has 1 heterocycles. The van der Waals surface area contributed by atoms with Crippen molar-refractivity contribution in [3.05, 3.63) is 34.9 Å². The van der Waals surface area contributed by atoms with Gasteiger partial charge in [0.1, 0.15) is 5.82 Å². The van der Waals surface area contributed by atoms with Gasteiger partial charge in [0.15, 0.2) is 5.82 Å². The van der Waals surface area contributed by atoms with Crippen LogP contribution >= 0.6 is 23.4 Å². The van der Waals surface area contributed by atoms with Gasteiger partial charge >= 0.3 is 0 Å². The number of carbonyl (C=O) groups is 1. The number of nitrogen functional groups attached to an aromatic ring is 1. The maximum absolute atomic E-state index is 13.0. The lowest BCUT2D eigenvalue weighted by Gasteiger charge is -2.12. The summed E-state index contributed by atoms with van der Waals surface area (Å²) < 4.78 is 14.5. The minimum absolute atomic E-state index is 0.147. The summed E-state index contributed by atoms with van der Waals surface area (Å²) in [4.78, 5) is 12.2. The Kier molecular flexibility index (Phi) is 4.45. The summed E-state index contributed by atoms with van der Waals surface area (Å²) in [5, 5.41) is 10.9. The molecule has 0 aliphatic heterocycles. The van der Waals surface area contributed by atoms with Gasteiger partial charge in [-0.25, -0.2) is 9.07 Å². The van der Waals surface area contributed by atoms with Gasteiger partial charge in [0.25, 0.3) is 0 Å². The standard InChI is InChI=1S/C14H15ClFN5OS/c1-7(13(22)18-11-5-4-9(16)6-10(11)15)23-14-20-19-12(21(14)17)8-2-3-8/h4-8H,2-3,17H2,1H3,(H,18,22)/t7-/m1/s1. The van der Waals surface area contributed by atoms with Gasteiger partial charge in [-0.05, 0) is 38.0 Å². The molecule has 1 amide bonds. The number of nitrogens with one attached hydrogen (secondary N) is 1. The largest absolute Gasteiger partial charge is 0.336 e. The van der Waals surface area contributed by atoms with E-state index in [1.807, 2.05) is 0 Å². The van der Waals surface area contributed by atoms with E-state index in [-0.39, 0.29) is 10.9 Å². The lowest BCUT2D eigenvalue weighted by atomic mass is 10.3. The van der Waals surface area contributed by atoms with E-state index in [9.17, 15) is 9.18 Å². The number of halogens is 2. The predicted molar refractivity (Wildman–Crippen MR) is 87.5 cm³/mol. The fraction of sp³-hybridized carbons (Fsp3) is 0.357. The van der Waals surface area contributed by atoms with Crippen LogP contribution in [0, 0.1) is 5.82 Å². The fourth-order valence-corrected chi connectivity index (χ4v) is 3.02. The highest BCUT2D eigenvalue weighted by Crippen LogP contribution is 2.39. The van der Waals surface area contributed by atoms with Gasteiger partial charge in [0, 0.05) is 5.92 Å². The van der Waals surface area contributed by atoms with E-state index in [1.54, 1.807) is 6.92 Å². The summed E-state index contributed by atoms with van der Waals surface area (Å²) in [6.45, 7) is 1.73. The molecule has 1 fully saturated rings. The molecule has 3 rings (SSSR count). The van der Waals surface area contributed by atoms with Crippen LogP contribution < -0.4 is 11.2 Å². The second kappa shape index (κ2) is 6.37. The highest BCUT2D eigenvalue weighted by molar-refractivity contribution is 8.00. The van der Waals surface area contributed by atoms with Crippen LogP contribution in [-0.4, -0.2) is 26.0 Å². The molecular formula is C14H15ClFN5OS. The molecule has 1 atom stereocenters. The molecule has 0 unspecified atom stereocenters. The lowest BCUT2D eigenvalue weighted by molar-refractivity contribution is -0.115. The van der Waals surface area contributed by atoms with Gasteiger partial charge in [0.2, 0.25) is 11.1 Å². The summed E-state index contributed by atoms with van der Waals surface area (Å²) in [7, 11) is 0. The number of benzene rings is 1. The first kappa shape index (κ1) is 16.1. The molecule has 0 bridgehead atoms. The fourth-order valence-electron chi connectivity index (χ4n) is 2.03. The van der Waals surface area contributed by atoms with Crippen LogP contribution in [0.25, 0.3) is 0 Å². The van der Waals surface area contributed by atoms with Gasteiger partial charge in [-0.3, -0.25) is 4.79 Å². The molecule has 122 valence electrons. The predicted octanol–water partition coefficient (Wildman–Crippen LogP) is 2.78. The third-order valence-electron chi connectivity index (χ3n) is 3.47. The first-order valence-electron chi connectivity index (χ1n) is 7.08. The van der Waals surface area contributed by atoms with E-state index < -0.39 is 11.1 Å². The highest BCUT2D eigenvalue weighted by atomic mass is 35.5. The lowest BCUT2D eigenvalue weighted by Crippen LogP contribution is -2.24. The summed E-state index contributed by atoms with van der Waals surface area (Å²) >= 11 is 7.11. The highest BCUT2D eigenvalue weighted by Gasteiger charge is 2.30. The molecule has 1 aromatic carbocycles. The van der Waals surface area contributed by atoms with Gasteiger partial charge in [-0.2, -0.15) is 0 Å². The number of carbonyl (C=O) groups excluding carboxylic acids is 1. The van der Waals surface area contributed by atoms with Crippen molar-refractivity contribution in [3.8, 4) is 0 Å². The number of aromatic nitrogens is 3. The Morgan fingerprint density at radius 3 is 2.91 bits per heavy atom. The Morgan fingerprint density at radius 2 is 2.26 bits per heavy atom. The topological polar surface area (TPSA) is 85.8 Å². The van der Waals surface area contributed by atoms with Crippen molar-refractivity contribution in [1.82, 2.24) is 14.9 Å². The molecule has 1 saturated carbocycles. The molecule has 1 aliphatic carbocycles. The normalized spacial score (nSPS) is 15.4. The van der Waals surface area contributed by atoms with E-state index in [0.29, 0.717) is 16.8 Å². The zero-order chi connectivity index (χ0) is 16.6. The molecule has 2 aromatic rings. The van der Waals surface area contributed by atoms with Crippen molar-refractivity contribution >= 4 is 35.0 Å². The number of amides is 1. The van der Waals surface area contributed by atoms with Crippen LogP contribution in [-0.2, 0) is 4.79 Å². The van der Waals surface area contributed by atoms with Crippen LogP contribution in [0.1, 0.15) is 31.5 Å². The summed E-state index contributed by atoms with van der Waals surface area (Å²) in [5.41, 5.74) is 0.360. The van der Waals surface area contributed by atoms with Crippen molar-refractivity contribution in [2.24, 2.45) is 0 Å². The van der Waals surface area contributed by atoms with Crippen LogP contribution in [0.15, 0.2) is 23.4 Å². The van der Waals surface area contributed by atoms with E-state index in [2.05, 4.69) is 15.5 Å². The number of thioether (sulfide) groups is 1. The van der Waals surface area contributed by atoms with Crippen molar-refractivity contribution < 1.29 is 9.18 Å². The van der Waals surface area contributed by atoms with Crippen LogP contribution in [0.5, 0.6) is 0 Å². The van der Waals surface area contributed by atoms with Crippen molar-refractivity contribution in [2.45, 2.75) is 36.1 Å². The van der Waals surface area contributed by atoms with Crippen LogP contribution in [0.4, 0.5) is 10.1 Å². The maximum atomic E-state index is 13.0. The molecule has 0 radical (unpaired) electrons. The molecule has 1 aliphatic rings. The Balaban J connectivity index is 1.65. The summed E-state index contributed by atoms with van der Waals surface area (Å²) in [6.07, 6.45) is 2.14. The Bertz CT molecular complexity index is 749. The van der Waals surface area contributed by atoms with Gasteiger partial charge in [-0.15, -0.1) is 10.2 Å². The number of hydrogen-bond acceptors (Lipinski definition) is 5. The number of anilines is 1. The Hall–Kier alpha value is -1.80. The second-order valence-corrected chi connectivity index (χ2v) is 7.07. The molecule has 0 spiro atoms. The van der Waals surface area contributed by atoms with Crippen LogP contribution in [0.2, 0.25) is 5.02 Å². The third kappa shape index (κ3) is 3.59. The van der Waals surface area contributed by atoms with Crippen molar-refractivity contribution in [1.29, 1.82) is 0 Å². The van der Waals surface area contributed by atoms with Gasteiger partial charge in [0.05, 0.1) is 16.0 Å². The average Bonchev–Trinajstić information content (AvgIpc) is 3.28. The Labute approximate surface area is 141 Å². The summed E-state index contributed by atoms with van der Waals surface area (Å²) in [6, 6.07) is 3.80. The van der Waals surface area contributed by atoms with Crippen molar-refractivity contribution in [2.75, 3.05) is 11.2 Å². The Morgan fingerprint density at radius 1 is 1.52 bits per heavy atom. The van der Waals surface area contributed by atoms with E-state index in [0.717, 1.165) is 24.7 Å². The average molecular weight is 356 g/mol.